The molecule has 0 aromatic heterocycles. The lowest BCUT2D eigenvalue weighted by atomic mass is 9.83. The second-order valence-electron chi connectivity index (χ2n) is 6.10. The molecule has 0 unspecified atom stereocenters. The molecule has 0 aliphatic carbocycles. The molecule has 1 fully saturated rings. The average Bonchev–Trinajstić information content (AvgIpc) is 2.01. The van der Waals surface area contributed by atoms with Crippen molar-refractivity contribution in [3.05, 3.63) is 0 Å². The maximum absolute atomic E-state index is 3.63. The summed E-state index contributed by atoms with van der Waals surface area (Å²) in [6.07, 6.45) is 4.00. The van der Waals surface area contributed by atoms with E-state index in [2.05, 4.69) is 46.9 Å². The third-order valence-electron chi connectivity index (χ3n) is 2.99. The zero-order valence-electron chi connectivity index (χ0n) is 11.7. The van der Waals surface area contributed by atoms with Crippen LogP contribution in [-0.4, -0.2) is 26.3 Å². The summed E-state index contributed by atoms with van der Waals surface area (Å²) in [5.41, 5.74) is 0.726. The fourth-order valence-electron chi connectivity index (χ4n) is 2.37. The summed E-state index contributed by atoms with van der Waals surface area (Å²) >= 11 is 0.432. The van der Waals surface area contributed by atoms with Crippen molar-refractivity contribution in [3.8, 4) is 0 Å². The van der Waals surface area contributed by atoms with Crippen molar-refractivity contribution in [2.45, 2.75) is 82.4 Å². The van der Waals surface area contributed by atoms with E-state index in [1.165, 1.54) is 29.8 Å². The van der Waals surface area contributed by atoms with E-state index < -0.39 is 0 Å². The van der Waals surface area contributed by atoms with E-state index in [1.54, 1.807) is 0 Å². The summed E-state index contributed by atoms with van der Waals surface area (Å²) in [6, 6.07) is 0. The Morgan fingerprint density at radius 1 is 0.933 bits per heavy atom. The van der Waals surface area contributed by atoms with Gasteiger partial charge >= 0.3 is 0 Å². The Balaban J connectivity index is 0.000000336. The number of hydrogen-bond acceptors (Lipinski definition) is 1. The summed E-state index contributed by atoms with van der Waals surface area (Å²) in [6.45, 7) is 13.7. The standard InChI is InChI=1S/C9H19N.2C2H5.Al.H/c1-8(2)6-5-7-9(3,4)10-8;2*1-2;;/h10H,5-7H2,1-4H3;2*1H2,2H3;;. The van der Waals surface area contributed by atoms with Crippen molar-refractivity contribution in [3.63, 3.8) is 0 Å². The number of piperidine rings is 1. The molecule has 0 atom stereocenters. The van der Waals surface area contributed by atoms with E-state index >= 15 is 0 Å². The molecule has 1 saturated heterocycles. The second-order valence-corrected chi connectivity index (χ2v) is 8.81. The zero-order valence-corrected chi connectivity index (χ0v) is 13.2. The van der Waals surface area contributed by atoms with Crippen molar-refractivity contribution >= 4 is 15.2 Å². The third kappa shape index (κ3) is 8.32. The highest BCUT2D eigenvalue weighted by atomic mass is 27.1. The minimum Gasteiger partial charge on any atom is -0.307 e. The maximum atomic E-state index is 3.63. The fraction of sp³-hybridized carbons (Fsp3) is 1.00. The molecule has 0 saturated carbocycles. The van der Waals surface area contributed by atoms with Gasteiger partial charge < -0.3 is 5.32 Å². The summed E-state index contributed by atoms with van der Waals surface area (Å²) in [7, 11) is 0. The molecule has 90 valence electrons. The van der Waals surface area contributed by atoms with Crippen LogP contribution in [-0.2, 0) is 0 Å². The first-order chi connectivity index (χ1) is 6.83. The van der Waals surface area contributed by atoms with Gasteiger partial charge in [0.2, 0.25) is 15.2 Å². The van der Waals surface area contributed by atoms with Gasteiger partial charge in [-0.2, -0.15) is 0 Å². The predicted octanol–water partition coefficient (Wildman–Crippen LogP) is 3.62. The molecule has 1 aliphatic heterocycles. The topological polar surface area (TPSA) is 12.0 Å². The van der Waals surface area contributed by atoms with Crippen LogP contribution in [0.2, 0.25) is 10.6 Å². The molecule has 0 aromatic carbocycles. The summed E-state index contributed by atoms with van der Waals surface area (Å²) < 4.78 is 0. The lowest BCUT2D eigenvalue weighted by Crippen LogP contribution is -2.55. The Labute approximate surface area is 103 Å². The van der Waals surface area contributed by atoms with Crippen LogP contribution < -0.4 is 5.32 Å². The van der Waals surface area contributed by atoms with Crippen molar-refractivity contribution in [1.29, 1.82) is 0 Å². The molecule has 1 nitrogen and oxygen atoms in total. The van der Waals surface area contributed by atoms with Gasteiger partial charge in [0.1, 0.15) is 0 Å². The number of nitrogens with one attached hydrogen (secondary N) is 1. The molecule has 0 bridgehead atoms. The molecule has 15 heavy (non-hydrogen) atoms. The Bertz CT molecular complexity index is 148. The van der Waals surface area contributed by atoms with Gasteiger partial charge in [0.05, 0.1) is 0 Å². The van der Waals surface area contributed by atoms with Gasteiger partial charge in [-0.25, -0.2) is 0 Å². The van der Waals surface area contributed by atoms with E-state index in [1.807, 2.05) is 0 Å². The van der Waals surface area contributed by atoms with Crippen LogP contribution in [0.1, 0.15) is 60.8 Å². The van der Waals surface area contributed by atoms with Crippen LogP contribution in [0.3, 0.4) is 0 Å². The van der Waals surface area contributed by atoms with Gasteiger partial charge in [-0.05, 0) is 47.0 Å². The Morgan fingerprint density at radius 2 is 1.33 bits per heavy atom. The summed E-state index contributed by atoms with van der Waals surface area (Å²) in [5.74, 6) is 0. The molecule has 1 N–H and O–H groups in total. The average molecular weight is 227 g/mol. The van der Waals surface area contributed by atoms with E-state index in [-0.39, 0.29) is 0 Å². The van der Waals surface area contributed by atoms with Crippen LogP contribution in [0.25, 0.3) is 0 Å². The van der Waals surface area contributed by atoms with Crippen molar-refractivity contribution in [2.75, 3.05) is 0 Å². The van der Waals surface area contributed by atoms with Crippen LogP contribution in [0, 0.1) is 0 Å². The molecule has 2 heteroatoms. The van der Waals surface area contributed by atoms with Crippen LogP contribution in [0.4, 0.5) is 0 Å². The van der Waals surface area contributed by atoms with Gasteiger partial charge in [-0.3, -0.25) is 0 Å². The first kappa shape index (κ1) is 15.5. The van der Waals surface area contributed by atoms with E-state index in [9.17, 15) is 0 Å². The molecule has 0 radical (unpaired) electrons. The highest BCUT2D eigenvalue weighted by Crippen LogP contribution is 2.27. The maximum Gasteiger partial charge on any atom is 0.236 e. The molecule has 1 rings (SSSR count). The van der Waals surface area contributed by atoms with Crippen LogP contribution in [0.5, 0.6) is 0 Å². The highest BCUT2D eigenvalue weighted by molar-refractivity contribution is 6.34. The van der Waals surface area contributed by atoms with Gasteiger partial charge in [0, 0.05) is 11.1 Å². The molecule has 1 aliphatic rings. The number of hydrogen-bond donors (Lipinski definition) is 1. The van der Waals surface area contributed by atoms with Crippen LogP contribution >= 0.6 is 0 Å². The molecular weight excluding hydrogens is 197 g/mol. The Morgan fingerprint density at radius 3 is 1.47 bits per heavy atom. The van der Waals surface area contributed by atoms with Crippen molar-refractivity contribution < 1.29 is 0 Å². The molecular formula is C13H30AlN. The fourth-order valence-corrected chi connectivity index (χ4v) is 3.07. The van der Waals surface area contributed by atoms with Crippen molar-refractivity contribution in [2.24, 2.45) is 0 Å². The first-order valence-electron chi connectivity index (χ1n) is 6.62. The monoisotopic (exact) mass is 227 g/mol. The lowest BCUT2D eigenvalue weighted by Gasteiger charge is -2.42. The number of rotatable bonds is 2. The lowest BCUT2D eigenvalue weighted by molar-refractivity contribution is 0.183. The van der Waals surface area contributed by atoms with E-state index in [0.29, 0.717) is 26.3 Å². The van der Waals surface area contributed by atoms with Gasteiger partial charge in [0.25, 0.3) is 0 Å². The highest BCUT2D eigenvalue weighted by Gasteiger charge is 2.31. The quantitative estimate of drug-likeness (QED) is 0.711. The van der Waals surface area contributed by atoms with Crippen LogP contribution in [0.15, 0.2) is 0 Å². The smallest absolute Gasteiger partial charge is 0.236 e. The third-order valence-corrected chi connectivity index (χ3v) is 4.40. The Hall–Kier alpha value is 0.492. The largest absolute Gasteiger partial charge is 0.307 e. The normalized spacial score (nSPS) is 22.5. The van der Waals surface area contributed by atoms with Gasteiger partial charge in [-0.15, -0.1) is 10.6 Å². The summed E-state index contributed by atoms with van der Waals surface area (Å²) in [4.78, 5) is 0. The molecule has 0 aromatic rings. The molecule has 1 heterocycles. The summed E-state index contributed by atoms with van der Waals surface area (Å²) in [5, 5.41) is 6.60. The van der Waals surface area contributed by atoms with E-state index in [0.717, 1.165) is 0 Å². The minimum atomic E-state index is 0.363. The van der Waals surface area contributed by atoms with E-state index in [4.69, 9.17) is 0 Å². The molecule has 0 spiro atoms. The van der Waals surface area contributed by atoms with Gasteiger partial charge in [-0.1, -0.05) is 13.8 Å². The van der Waals surface area contributed by atoms with Gasteiger partial charge in [0.15, 0.2) is 0 Å². The first-order valence-corrected chi connectivity index (χ1v) is 8.62. The molecule has 0 amide bonds. The second kappa shape index (κ2) is 6.94. The predicted molar refractivity (Wildman–Crippen MR) is 73.3 cm³/mol. The SMILES string of the molecule is CC1(C)CCCC(C)(C)N1.C[CH2][AlH][CH2]C. The minimum absolute atomic E-state index is 0.363. The Kier molecular flexibility index (Phi) is 7.17. The van der Waals surface area contributed by atoms with Crippen molar-refractivity contribution in [1.82, 2.24) is 5.32 Å². The zero-order chi connectivity index (χ0) is 11.9.